The largest absolute Gasteiger partial charge is 0.438 e. The normalized spacial score (nSPS) is 25.1. The van der Waals surface area contributed by atoms with Crippen molar-refractivity contribution in [2.75, 3.05) is 24.7 Å². The van der Waals surface area contributed by atoms with E-state index in [1.54, 1.807) is 53.4 Å². The number of carbonyl (C=O) groups excluding carboxylic acids is 1. The third kappa shape index (κ3) is 6.34. The Morgan fingerprint density at radius 3 is 2.35 bits per heavy atom. The topological polar surface area (TPSA) is 173 Å². The van der Waals surface area contributed by atoms with Crippen molar-refractivity contribution in [1.29, 1.82) is 0 Å². The highest BCUT2D eigenvalue weighted by Gasteiger charge is 2.60. The van der Waals surface area contributed by atoms with Crippen LogP contribution in [0.25, 0.3) is 39.0 Å². The lowest BCUT2D eigenvalue weighted by molar-refractivity contribution is -0.0592. The molecule has 5 aromatic heterocycles. The minimum atomic E-state index is -1.24. The number of hydrogen-bond acceptors (Lipinski definition) is 9. The van der Waals surface area contributed by atoms with Crippen molar-refractivity contribution in [3.63, 3.8) is 0 Å². The predicted molar refractivity (Wildman–Crippen MR) is 253 cm³/mol. The number of nitrogens with one attached hydrogen (secondary N) is 1. The molecule has 1 N–H and O–H groups in total. The number of aryl methyl sites for hydroxylation is 3. The molecular weight excluding hydrogens is 907 g/mol. The Hall–Kier alpha value is -6.73. The average Bonchev–Trinajstić information content (AvgIpc) is 3.94. The van der Waals surface area contributed by atoms with Crippen LogP contribution in [0.3, 0.4) is 0 Å². The van der Waals surface area contributed by atoms with Crippen LogP contribution in [0.15, 0.2) is 81.2 Å². The molecule has 3 fully saturated rings. The van der Waals surface area contributed by atoms with Crippen molar-refractivity contribution in [2.45, 2.75) is 89.3 Å². The second kappa shape index (κ2) is 14.9. The smallest absolute Gasteiger partial charge is 0.376 e. The minimum absolute atomic E-state index is 0.0107. The van der Waals surface area contributed by atoms with E-state index in [-0.39, 0.29) is 64.1 Å². The van der Waals surface area contributed by atoms with E-state index in [0.29, 0.717) is 58.1 Å². The van der Waals surface area contributed by atoms with Gasteiger partial charge in [-0.05, 0) is 125 Å². The summed E-state index contributed by atoms with van der Waals surface area (Å²) in [5.74, 6) is -0.845. The molecule has 8 aromatic rings. The summed E-state index contributed by atoms with van der Waals surface area (Å²) in [6.45, 7) is 12.2. The van der Waals surface area contributed by atoms with Crippen LogP contribution in [0.2, 0.25) is 0 Å². The molecular formula is C50H50F2N10O6S. The molecule has 16 nitrogen and oxygen atoms in total. The number of aromatic nitrogens is 9. The molecule has 1 spiro atoms. The van der Waals surface area contributed by atoms with E-state index in [4.69, 9.17) is 14.4 Å². The summed E-state index contributed by atoms with van der Waals surface area (Å²) in [5, 5.41) is 14.7. The number of carbonyl (C=O) groups is 1. The highest BCUT2D eigenvalue weighted by atomic mass is 32.2. The molecule has 3 aromatic carbocycles. The Labute approximate surface area is 395 Å². The van der Waals surface area contributed by atoms with Crippen molar-refractivity contribution in [3.8, 4) is 17.2 Å². The van der Waals surface area contributed by atoms with Crippen LogP contribution >= 0.6 is 0 Å². The second-order valence-corrected chi connectivity index (χ2v) is 21.8. The van der Waals surface area contributed by atoms with Gasteiger partial charge in [0.1, 0.15) is 22.9 Å². The third-order valence-electron chi connectivity index (χ3n) is 15.4. The number of amides is 1. The summed E-state index contributed by atoms with van der Waals surface area (Å²) >= 11 is 0. The minimum Gasteiger partial charge on any atom is -0.376 e. The Bertz CT molecular complexity index is 3620. The van der Waals surface area contributed by atoms with Gasteiger partial charge in [-0.25, -0.2) is 23.1 Å². The molecule has 356 valence electrons. The van der Waals surface area contributed by atoms with E-state index in [2.05, 4.69) is 41.2 Å². The SMILES string of the molecule is Cc1cc(-n2nc3c(c2-n2ccn(-c4ccc5c(cnn5C)c4F)c2=O)[C@H](C)N(C(=O)c2cc4cc([C@H]5CCOC(C)(C)C5)ccc4n2[C@@]2(c4noc(=O)[nH]4)C[C@@H]2C)CC32CS(=O)C2)cc(C)c1F. The number of fused-ring (bicyclic) bond motifs is 4. The van der Waals surface area contributed by atoms with Gasteiger partial charge in [-0.3, -0.25) is 32.3 Å². The van der Waals surface area contributed by atoms with Crippen molar-refractivity contribution >= 4 is 38.5 Å². The fourth-order valence-corrected chi connectivity index (χ4v) is 13.4. The summed E-state index contributed by atoms with van der Waals surface area (Å²) in [6.07, 6.45) is 6.69. The molecule has 0 radical (unpaired) electrons. The van der Waals surface area contributed by atoms with Gasteiger partial charge in [0.05, 0.1) is 51.2 Å². The van der Waals surface area contributed by atoms with Gasteiger partial charge >= 0.3 is 11.4 Å². The van der Waals surface area contributed by atoms with Crippen molar-refractivity contribution < 1.29 is 27.0 Å². The zero-order chi connectivity index (χ0) is 48.2. The van der Waals surface area contributed by atoms with E-state index in [9.17, 15) is 13.8 Å². The molecule has 8 heterocycles. The maximum Gasteiger partial charge on any atom is 0.438 e. The first-order valence-corrected chi connectivity index (χ1v) is 24.7. The number of rotatable bonds is 7. The molecule has 0 unspecified atom stereocenters. The molecule has 3 aliphatic heterocycles. The number of H-pyrrole nitrogens is 1. The summed E-state index contributed by atoms with van der Waals surface area (Å²) in [4.78, 5) is 48.0. The number of nitrogens with zero attached hydrogens (tertiary/aromatic N) is 9. The first-order valence-electron chi connectivity index (χ1n) is 23.2. The van der Waals surface area contributed by atoms with E-state index < -0.39 is 45.1 Å². The molecule has 4 atom stereocenters. The van der Waals surface area contributed by atoms with Crippen LogP contribution in [0, 0.1) is 31.4 Å². The summed E-state index contributed by atoms with van der Waals surface area (Å²) in [5.41, 5.74) is 2.43. The fraction of sp³-hybridized carbons (Fsp3) is 0.400. The van der Waals surface area contributed by atoms with Crippen LogP contribution in [0.5, 0.6) is 0 Å². The first-order chi connectivity index (χ1) is 32.9. The Kier molecular flexibility index (Phi) is 9.39. The molecule has 69 heavy (non-hydrogen) atoms. The summed E-state index contributed by atoms with van der Waals surface area (Å²) in [7, 11) is 0.470. The Morgan fingerprint density at radius 2 is 1.67 bits per heavy atom. The number of ether oxygens (including phenoxy) is 1. The monoisotopic (exact) mass is 956 g/mol. The molecule has 19 heteroatoms. The zero-order valence-corrected chi connectivity index (χ0v) is 40.0. The van der Waals surface area contributed by atoms with E-state index >= 15 is 13.6 Å². The number of benzene rings is 3. The Balaban J connectivity index is 1.05. The van der Waals surface area contributed by atoms with Gasteiger partial charge in [-0.15, -0.1) is 0 Å². The molecule has 1 aliphatic carbocycles. The lowest BCUT2D eigenvalue weighted by atomic mass is 9.79. The molecule has 12 rings (SSSR count). The number of hydrogen-bond donors (Lipinski definition) is 1. The van der Waals surface area contributed by atoms with E-state index in [1.807, 2.05) is 30.5 Å². The van der Waals surface area contributed by atoms with Crippen molar-refractivity contribution in [2.24, 2.45) is 13.0 Å². The van der Waals surface area contributed by atoms with Gasteiger partial charge in [0, 0.05) is 71.4 Å². The van der Waals surface area contributed by atoms with E-state index in [1.165, 1.54) is 33.8 Å². The molecule has 4 aliphatic rings. The van der Waals surface area contributed by atoms with Gasteiger partial charge in [0.15, 0.2) is 11.6 Å². The van der Waals surface area contributed by atoms with Crippen molar-refractivity contribution in [3.05, 3.63) is 139 Å². The number of imidazole rings is 1. The van der Waals surface area contributed by atoms with Gasteiger partial charge < -0.3 is 14.2 Å². The van der Waals surface area contributed by atoms with Gasteiger partial charge in [-0.1, -0.05) is 18.1 Å². The maximum atomic E-state index is 16.3. The van der Waals surface area contributed by atoms with Gasteiger partial charge in [0.2, 0.25) is 0 Å². The Morgan fingerprint density at radius 1 is 0.942 bits per heavy atom. The maximum absolute atomic E-state index is 16.3. The average molecular weight is 957 g/mol. The highest BCUT2D eigenvalue weighted by Crippen LogP contribution is 2.56. The lowest BCUT2D eigenvalue weighted by Gasteiger charge is -2.49. The first kappa shape index (κ1) is 43.5. The molecule has 2 saturated heterocycles. The summed E-state index contributed by atoms with van der Waals surface area (Å²) < 4.78 is 63.9. The quantitative estimate of drug-likeness (QED) is 0.178. The second-order valence-electron chi connectivity index (χ2n) is 20.4. The van der Waals surface area contributed by atoms with Crippen LogP contribution < -0.4 is 11.4 Å². The van der Waals surface area contributed by atoms with Crippen molar-refractivity contribution in [1.82, 2.24) is 48.3 Å². The molecule has 1 saturated carbocycles. The van der Waals surface area contributed by atoms with Crippen LogP contribution in [0.1, 0.15) is 103 Å². The molecule has 0 bridgehead atoms. The standard InChI is InChI=1S/C50H50F2N10O6S/c1-26-16-33(17-27(2)40(26)51)62-43(59-14-13-58(47(59)65)37-11-10-36-34(41(37)52)22-53-57(36)7)39-29(4)60(23-49(42(39)55-62)24-69(66)25-49)44(63)38-19-32-18-30(31-12-15-67-48(5,6)21-31)8-9-35(32)61(38)50(20-28(50)3)45-54-46(64)68-56-45/h8-11,13-14,16-19,22,28-29,31H,12,15,20-21,23-25H2,1-7H3,(H,54,56,64)/t28-,29-,31-,49?,50-,69?/m0/s1. The number of aromatic amines is 1. The van der Waals surface area contributed by atoms with Gasteiger partial charge in [-0.2, -0.15) is 10.2 Å². The number of halogens is 2. The third-order valence-corrected chi connectivity index (χ3v) is 17.2. The predicted octanol–water partition coefficient (Wildman–Crippen LogP) is 6.90. The van der Waals surface area contributed by atoms with Gasteiger partial charge in [0.25, 0.3) is 5.91 Å². The summed E-state index contributed by atoms with van der Waals surface area (Å²) in [6, 6.07) is 14.0. The molecule has 1 amide bonds. The zero-order valence-electron chi connectivity index (χ0n) is 39.2. The highest BCUT2D eigenvalue weighted by molar-refractivity contribution is 7.86. The fourth-order valence-electron chi connectivity index (χ4n) is 11.8. The lowest BCUT2D eigenvalue weighted by Crippen LogP contribution is -2.60. The van der Waals surface area contributed by atoms with Crippen LogP contribution in [-0.4, -0.2) is 88.7 Å². The van der Waals surface area contributed by atoms with Crippen LogP contribution in [0.4, 0.5) is 8.78 Å². The van der Waals surface area contributed by atoms with Crippen LogP contribution in [-0.2, 0) is 33.5 Å². The van der Waals surface area contributed by atoms with E-state index in [0.717, 1.165) is 29.3 Å².